The molecule has 3 heterocycles. The van der Waals surface area contributed by atoms with Crippen molar-refractivity contribution in [2.75, 3.05) is 19.8 Å². The molecule has 3 aliphatic rings. The highest BCUT2D eigenvalue weighted by atomic mass is 16.5. The van der Waals surface area contributed by atoms with E-state index in [1.54, 1.807) is 0 Å². The van der Waals surface area contributed by atoms with Crippen molar-refractivity contribution in [3.05, 3.63) is 59.6 Å². The van der Waals surface area contributed by atoms with Crippen molar-refractivity contribution >= 4 is 5.91 Å². The Hall–Kier alpha value is -2.27. The van der Waals surface area contributed by atoms with E-state index >= 15 is 0 Å². The molecule has 3 aliphatic heterocycles. The third-order valence-corrected chi connectivity index (χ3v) is 4.91. The lowest BCUT2D eigenvalue weighted by Crippen LogP contribution is -2.63. The van der Waals surface area contributed by atoms with Crippen LogP contribution >= 0.6 is 0 Å². The maximum atomic E-state index is 12.8. The molecule has 0 saturated carbocycles. The number of hydrogen-bond donors (Lipinski definition) is 1. The molecule has 0 aliphatic carbocycles. The van der Waals surface area contributed by atoms with Gasteiger partial charge in [0.25, 0.3) is 5.91 Å². The van der Waals surface area contributed by atoms with Gasteiger partial charge < -0.3 is 19.7 Å². The molecule has 0 aromatic heterocycles. The van der Waals surface area contributed by atoms with Gasteiger partial charge in [-0.05, 0) is 18.4 Å². The second kappa shape index (κ2) is 6.32. The molecule has 0 atom stereocenters. The Bertz CT molecular complexity index is 675. The van der Waals surface area contributed by atoms with E-state index < -0.39 is 0 Å². The van der Waals surface area contributed by atoms with Gasteiger partial charge in [-0.1, -0.05) is 36.4 Å². The summed E-state index contributed by atoms with van der Waals surface area (Å²) in [5.74, 6) is 0.719. The standard InChI is InChI=1S/C19H22N2O3/c22-18-17-16(24-13-15-5-2-1-3-6-15)7-4-10-21(17)14-19(20-18)8-11-23-12-9-19/h1-6,10H,7-9,11-14H2,(H,20,22). The summed E-state index contributed by atoms with van der Waals surface area (Å²) >= 11 is 0. The summed E-state index contributed by atoms with van der Waals surface area (Å²) in [6, 6.07) is 10.0. The van der Waals surface area contributed by atoms with Crippen molar-refractivity contribution in [2.24, 2.45) is 0 Å². The summed E-state index contributed by atoms with van der Waals surface area (Å²) in [5.41, 5.74) is 1.58. The average Bonchev–Trinajstić information content (AvgIpc) is 2.61. The highest BCUT2D eigenvalue weighted by molar-refractivity contribution is 5.95. The molecule has 0 radical (unpaired) electrons. The minimum atomic E-state index is -0.176. The van der Waals surface area contributed by atoms with Gasteiger partial charge in [0, 0.05) is 32.4 Å². The number of amides is 1. The van der Waals surface area contributed by atoms with E-state index in [9.17, 15) is 4.79 Å². The summed E-state index contributed by atoms with van der Waals surface area (Å²) in [6.07, 6.45) is 6.45. The van der Waals surface area contributed by atoms with Crippen LogP contribution in [-0.4, -0.2) is 36.1 Å². The van der Waals surface area contributed by atoms with Gasteiger partial charge in [0.05, 0.1) is 5.54 Å². The van der Waals surface area contributed by atoms with Crippen molar-refractivity contribution in [1.29, 1.82) is 0 Å². The zero-order valence-corrected chi connectivity index (χ0v) is 13.7. The molecule has 1 aromatic carbocycles. The smallest absolute Gasteiger partial charge is 0.271 e. The molecule has 2 fully saturated rings. The van der Waals surface area contributed by atoms with Crippen LogP contribution in [0.2, 0.25) is 0 Å². The molecular formula is C19H22N2O3. The van der Waals surface area contributed by atoms with Gasteiger partial charge in [-0.2, -0.15) is 0 Å². The molecule has 1 spiro atoms. The number of piperazine rings is 1. The van der Waals surface area contributed by atoms with Crippen molar-refractivity contribution < 1.29 is 14.3 Å². The number of hydrogen-bond acceptors (Lipinski definition) is 4. The van der Waals surface area contributed by atoms with Crippen LogP contribution < -0.4 is 5.32 Å². The van der Waals surface area contributed by atoms with Crippen LogP contribution in [0.25, 0.3) is 0 Å². The highest BCUT2D eigenvalue weighted by Crippen LogP contribution is 2.32. The number of carbonyl (C=O) groups excluding carboxylic acids is 1. The Kier molecular flexibility index (Phi) is 4.02. The molecular weight excluding hydrogens is 304 g/mol. The third kappa shape index (κ3) is 2.91. The second-order valence-electron chi connectivity index (χ2n) is 6.61. The number of benzene rings is 1. The van der Waals surface area contributed by atoms with Gasteiger partial charge >= 0.3 is 0 Å². The maximum Gasteiger partial charge on any atom is 0.271 e. The van der Waals surface area contributed by atoms with E-state index in [4.69, 9.17) is 9.47 Å². The Morgan fingerprint density at radius 3 is 2.79 bits per heavy atom. The van der Waals surface area contributed by atoms with E-state index in [0.29, 0.717) is 31.9 Å². The molecule has 126 valence electrons. The fraction of sp³-hybridized carbons (Fsp3) is 0.421. The molecule has 0 bridgehead atoms. The number of rotatable bonds is 3. The summed E-state index contributed by atoms with van der Waals surface area (Å²) in [5, 5.41) is 3.23. The van der Waals surface area contributed by atoms with E-state index in [1.165, 1.54) is 0 Å². The van der Waals surface area contributed by atoms with E-state index in [0.717, 1.165) is 30.7 Å². The Balaban J connectivity index is 1.53. The van der Waals surface area contributed by atoms with Crippen LogP contribution in [0.5, 0.6) is 0 Å². The molecule has 0 unspecified atom stereocenters. The van der Waals surface area contributed by atoms with Gasteiger partial charge in [-0.25, -0.2) is 0 Å². The largest absolute Gasteiger partial charge is 0.491 e. The molecule has 5 nitrogen and oxygen atoms in total. The zero-order chi connectivity index (χ0) is 16.4. The Morgan fingerprint density at radius 2 is 2.00 bits per heavy atom. The lowest BCUT2D eigenvalue weighted by Gasteiger charge is -2.46. The van der Waals surface area contributed by atoms with Gasteiger partial charge in [-0.15, -0.1) is 0 Å². The average molecular weight is 326 g/mol. The first-order valence-electron chi connectivity index (χ1n) is 8.49. The SMILES string of the molecule is O=C1NC2(CCOCC2)CN2C=CCC(OCc3ccccc3)=C12. The second-order valence-corrected chi connectivity index (χ2v) is 6.61. The minimum absolute atomic E-state index is 0.0319. The number of nitrogens with one attached hydrogen (secondary N) is 1. The quantitative estimate of drug-likeness (QED) is 0.926. The number of allylic oxidation sites excluding steroid dienone is 1. The first-order chi connectivity index (χ1) is 11.8. The maximum absolute atomic E-state index is 12.8. The molecule has 2 saturated heterocycles. The van der Waals surface area contributed by atoms with Gasteiger partial charge in [0.15, 0.2) is 0 Å². The normalized spacial score (nSPS) is 22.3. The Morgan fingerprint density at radius 1 is 1.21 bits per heavy atom. The van der Waals surface area contributed by atoms with E-state index in [-0.39, 0.29) is 11.4 Å². The zero-order valence-electron chi connectivity index (χ0n) is 13.7. The van der Waals surface area contributed by atoms with Crippen LogP contribution in [0.15, 0.2) is 54.1 Å². The molecule has 1 N–H and O–H groups in total. The van der Waals surface area contributed by atoms with Crippen molar-refractivity contribution in [3.63, 3.8) is 0 Å². The fourth-order valence-corrected chi connectivity index (χ4v) is 3.59. The molecule has 5 heteroatoms. The predicted octanol–water partition coefficient (Wildman–Crippen LogP) is 2.31. The van der Waals surface area contributed by atoms with Crippen LogP contribution in [-0.2, 0) is 20.9 Å². The van der Waals surface area contributed by atoms with Crippen LogP contribution in [0.4, 0.5) is 0 Å². The van der Waals surface area contributed by atoms with Crippen molar-refractivity contribution in [2.45, 2.75) is 31.4 Å². The first-order valence-corrected chi connectivity index (χ1v) is 8.49. The topological polar surface area (TPSA) is 50.8 Å². The minimum Gasteiger partial charge on any atom is -0.491 e. The fourth-order valence-electron chi connectivity index (χ4n) is 3.59. The van der Waals surface area contributed by atoms with Crippen LogP contribution in [0.1, 0.15) is 24.8 Å². The summed E-state index contributed by atoms with van der Waals surface area (Å²) in [7, 11) is 0. The van der Waals surface area contributed by atoms with Crippen molar-refractivity contribution in [3.8, 4) is 0 Å². The predicted molar refractivity (Wildman–Crippen MR) is 89.6 cm³/mol. The lowest BCUT2D eigenvalue weighted by atomic mass is 9.86. The number of ether oxygens (including phenoxy) is 2. The van der Waals surface area contributed by atoms with Crippen LogP contribution in [0, 0.1) is 0 Å². The van der Waals surface area contributed by atoms with Gasteiger partial charge in [-0.3, -0.25) is 4.79 Å². The number of nitrogens with zero attached hydrogens (tertiary/aromatic N) is 1. The summed E-state index contributed by atoms with van der Waals surface area (Å²) in [4.78, 5) is 14.8. The third-order valence-electron chi connectivity index (χ3n) is 4.91. The summed E-state index contributed by atoms with van der Waals surface area (Å²) < 4.78 is 11.4. The highest BCUT2D eigenvalue weighted by Gasteiger charge is 2.43. The monoisotopic (exact) mass is 326 g/mol. The number of fused-ring (bicyclic) bond motifs is 1. The van der Waals surface area contributed by atoms with E-state index in [2.05, 4.69) is 11.4 Å². The summed E-state index contributed by atoms with van der Waals surface area (Å²) in [6.45, 7) is 2.67. The van der Waals surface area contributed by atoms with Gasteiger partial charge in [0.1, 0.15) is 18.1 Å². The molecule has 4 rings (SSSR count). The Labute approximate surface area is 141 Å². The molecule has 1 amide bonds. The lowest BCUT2D eigenvalue weighted by molar-refractivity contribution is -0.125. The number of carbonyl (C=O) groups is 1. The molecule has 1 aromatic rings. The van der Waals surface area contributed by atoms with Gasteiger partial charge in [0.2, 0.25) is 0 Å². The molecule has 24 heavy (non-hydrogen) atoms. The van der Waals surface area contributed by atoms with Crippen LogP contribution in [0.3, 0.4) is 0 Å². The van der Waals surface area contributed by atoms with E-state index in [1.807, 2.05) is 41.4 Å². The van der Waals surface area contributed by atoms with Crippen molar-refractivity contribution in [1.82, 2.24) is 10.2 Å². The first kappa shape index (κ1) is 15.3.